The molecule has 3 heterocycles. The van der Waals surface area contributed by atoms with Crippen LogP contribution < -0.4 is 26.5 Å². The van der Waals surface area contributed by atoms with E-state index in [1.54, 1.807) is 42.5 Å². The first-order valence-electron chi connectivity index (χ1n) is 11.7. The number of nitrogens with two attached hydrogens (primary N) is 1. The van der Waals surface area contributed by atoms with Gasteiger partial charge in [-0.1, -0.05) is 12.1 Å². The molecule has 4 aromatic rings. The van der Waals surface area contributed by atoms with E-state index < -0.39 is 42.5 Å². The van der Waals surface area contributed by atoms with Crippen LogP contribution >= 0.6 is 0 Å². The summed E-state index contributed by atoms with van der Waals surface area (Å²) >= 11 is 0. The molecule has 0 radical (unpaired) electrons. The number of nitrogens with zero attached hydrogens (tertiary/aromatic N) is 2. The van der Waals surface area contributed by atoms with Gasteiger partial charge in [0.1, 0.15) is 42.9 Å². The molecule has 38 heavy (non-hydrogen) atoms. The van der Waals surface area contributed by atoms with Gasteiger partial charge in [0.2, 0.25) is 5.88 Å². The molecule has 12 nitrogen and oxygen atoms in total. The van der Waals surface area contributed by atoms with Gasteiger partial charge in [0.05, 0.1) is 6.61 Å². The van der Waals surface area contributed by atoms with Gasteiger partial charge in [-0.25, -0.2) is 9.59 Å². The Morgan fingerprint density at radius 1 is 0.974 bits per heavy atom. The van der Waals surface area contributed by atoms with Gasteiger partial charge < -0.3 is 39.7 Å². The van der Waals surface area contributed by atoms with Crippen LogP contribution in [0.4, 0.5) is 5.69 Å². The molecule has 2 aromatic carbocycles. The van der Waals surface area contributed by atoms with Crippen molar-refractivity contribution < 1.29 is 33.9 Å². The highest BCUT2D eigenvalue weighted by atomic mass is 16.6. The number of rotatable bonds is 8. The van der Waals surface area contributed by atoms with E-state index in [2.05, 4.69) is 4.98 Å². The molecule has 5 N–H and O–H groups in total. The van der Waals surface area contributed by atoms with Crippen LogP contribution in [0.25, 0.3) is 11.0 Å². The maximum atomic E-state index is 12.4. The predicted molar refractivity (Wildman–Crippen MR) is 134 cm³/mol. The van der Waals surface area contributed by atoms with Crippen molar-refractivity contribution in [2.45, 2.75) is 37.8 Å². The lowest BCUT2D eigenvalue weighted by Gasteiger charge is -2.17. The first-order valence-corrected chi connectivity index (χ1v) is 11.7. The normalized spacial score (nSPS) is 21.0. The highest BCUT2D eigenvalue weighted by Crippen LogP contribution is 2.28. The van der Waals surface area contributed by atoms with Crippen LogP contribution in [-0.2, 0) is 18.0 Å². The van der Waals surface area contributed by atoms with Crippen molar-refractivity contribution in [2.24, 2.45) is 0 Å². The zero-order chi connectivity index (χ0) is 26.8. The van der Waals surface area contributed by atoms with Crippen molar-refractivity contribution in [3.8, 4) is 11.6 Å². The van der Waals surface area contributed by atoms with Gasteiger partial charge in [-0.15, -0.1) is 0 Å². The molecule has 12 heteroatoms. The van der Waals surface area contributed by atoms with Crippen molar-refractivity contribution in [1.29, 1.82) is 0 Å². The van der Waals surface area contributed by atoms with Crippen molar-refractivity contribution in [1.82, 2.24) is 9.55 Å². The van der Waals surface area contributed by atoms with E-state index in [4.69, 9.17) is 24.4 Å². The maximum absolute atomic E-state index is 12.4. The first-order chi connectivity index (χ1) is 18.3. The molecule has 198 valence electrons. The fraction of sp³-hybridized carbons (Fsp3) is 0.269. The molecule has 4 atom stereocenters. The van der Waals surface area contributed by atoms with Gasteiger partial charge in [-0.2, -0.15) is 4.98 Å². The van der Waals surface area contributed by atoms with E-state index in [-0.39, 0.29) is 19.1 Å². The highest BCUT2D eigenvalue weighted by Gasteiger charge is 2.43. The lowest BCUT2D eigenvalue weighted by molar-refractivity contribution is -0.0551. The van der Waals surface area contributed by atoms with Crippen LogP contribution in [0, 0.1) is 0 Å². The van der Waals surface area contributed by atoms with Crippen molar-refractivity contribution >= 4 is 16.7 Å². The topological polar surface area (TPSA) is 180 Å². The second kappa shape index (κ2) is 10.6. The number of fused-ring (bicyclic) bond motifs is 1. The summed E-state index contributed by atoms with van der Waals surface area (Å²) in [6, 6.07) is 15.0. The van der Waals surface area contributed by atoms with E-state index in [1.165, 1.54) is 18.3 Å². The summed E-state index contributed by atoms with van der Waals surface area (Å²) in [4.78, 5) is 28.2. The predicted octanol–water partition coefficient (Wildman–Crippen LogP) is 0.701. The summed E-state index contributed by atoms with van der Waals surface area (Å²) in [5, 5.41) is 30.0. The Morgan fingerprint density at radius 3 is 2.47 bits per heavy atom. The van der Waals surface area contributed by atoms with Crippen molar-refractivity contribution in [3.63, 3.8) is 0 Å². The maximum Gasteiger partial charge on any atom is 0.353 e. The largest absolute Gasteiger partial charge is 0.489 e. The molecular formula is C26H25N3O9. The molecule has 5 rings (SSSR count). The Bertz CT molecular complexity index is 1550. The van der Waals surface area contributed by atoms with Crippen LogP contribution in [-0.4, -0.2) is 49.8 Å². The SMILES string of the molecule is Nc1ccc2c(COc3ccc(COc4ccn(C5OC(CO)C(O)C5O)c(=O)n4)cc3)cc(=O)oc2c1. The average molecular weight is 523 g/mol. The fourth-order valence-corrected chi connectivity index (χ4v) is 4.15. The number of anilines is 1. The molecule has 0 bridgehead atoms. The molecule has 0 saturated carbocycles. The third-order valence-corrected chi connectivity index (χ3v) is 6.15. The van der Waals surface area contributed by atoms with Crippen molar-refractivity contribution in [3.05, 3.63) is 92.8 Å². The van der Waals surface area contributed by atoms with E-state index in [0.29, 0.717) is 22.6 Å². The third-order valence-electron chi connectivity index (χ3n) is 6.15. The molecule has 1 aliphatic rings. The summed E-state index contributed by atoms with van der Waals surface area (Å²) in [6.07, 6.45) is -3.56. The number of nitrogen functional groups attached to an aromatic ring is 1. The molecular weight excluding hydrogens is 498 g/mol. The lowest BCUT2D eigenvalue weighted by atomic mass is 10.1. The van der Waals surface area contributed by atoms with Crippen LogP contribution in [0.3, 0.4) is 0 Å². The van der Waals surface area contributed by atoms with E-state index in [1.807, 2.05) is 0 Å². The standard InChI is InChI=1S/C26H25N3O9/c27-16-3-6-18-15(9-22(31)37-19(18)10-16)13-35-17-4-1-14(2-5-17)12-36-21-7-8-29(26(34)28-21)25-24(33)23(32)20(11-30)38-25/h1-10,20,23-25,30,32-33H,11-13,27H2. The van der Waals surface area contributed by atoms with Crippen LogP contribution in [0.15, 0.2) is 74.8 Å². The number of hydrogen-bond acceptors (Lipinski definition) is 11. The minimum absolute atomic E-state index is 0.0637. The monoisotopic (exact) mass is 523 g/mol. The Labute approximate surface area is 215 Å². The molecule has 1 fully saturated rings. The Morgan fingerprint density at radius 2 is 1.76 bits per heavy atom. The molecule has 0 amide bonds. The Kier molecular flexibility index (Phi) is 7.11. The summed E-state index contributed by atoms with van der Waals surface area (Å²) in [5.41, 5.74) is 6.87. The molecule has 1 aliphatic heterocycles. The van der Waals surface area contributed by atoms with Crippen LogP contribution in [0.2, 0.25) is 0 Å². The number of aromatic nitrogens is 2. The van der Waals surface area contributed by atoms with Crippen molar-refractivity contribution in [2.75, 3.05) is 12.3 Å². The Balaban J connectivity index is 1.19. The van der Waals surface area contributed by atoms with Gasteiger partial charge in [0.15, 0.2) is 6.23 Å². The first kappa shape index (κ1) is 25.4. The van der Waals surface area contributed by atoms with E-state index in [9.17, 15) is 24.9 Å². The van der Waals surface area contributed by atoms with E-state index in [0.717, 1.165) is 15.5 Å². The quantitative estimate of drug-likeness (QED) is 0.189. The zero-order valence-corrected chi connectivity index (χ0v) is 20.0. The minimum atomic E-state index is -1.39. The number of aliphatic hydroxyl groups is 3. The highest BCUT2D eigenvalue weighted by molar-refractivity contribution is 5.82. The van der Waals surface area contributed by atoms with Gasteiger partial charge in [-0.3, -0.25) is 4.57 Å². The van der Waals surface area contributed by atoms with Gasteiger partial charge in [0.25, 0.3) is 0 Å². The van der Waals surface area contributed by atoms with Crippen LogP contribution in [0.1, 0.15) is 17.4 Å². The average Bonchev–Trinajstić information content (AvgIpc) is 3.19. The second-order valence-corrected chi connectivity index (χ2v) is 8.75. The molecule has 0 aliphatic carbocycles. The fourth-order valence-electron chi connectivity index (χ4n) is 4.15. The third kappa shape index (κ3) is 5.24. The van der Waals surface area contributed by atoms with Gasteiger partial charge >= 0.3 is 11.3 Å². The Hall–Kier alpha value is -4.23. The number of ether oxygens (including phenoxy) is 3. The molecule has 0 spiro atoms. The number of hydrogen-bond donors (Lipinski definition) is 4. The number of benzene rings is 2. The minimum Gasteiger partial charge on any atom is -0.489 e. The smallest absolute Gasteiger partial charge is 0.353 e. The lowest BCUT2D eigenvalue weighted by Crippen LogP contribution is -2.35. The second-order valence-electron chi connectivity index (χ2n) is 8.75. The molecule has 2 aromatic heterocycles. The summed E-state index contributed by atoms with van der Waals surface area (Å²) in [7, 11) is 0. The summed E-state index contributed by atoms with van der Waals surface area (Å²) in [6.45, 7) is -0.230. The van der Waals surface area contributed by atoms with E-state index >= 15 is 0 Å². The number of aliphatic hydroxyl groups excluding tert-OH is 3. The zero-order valence-electron chi connectivity index (χ0n) is 20.0. The molecule has 1 saturated heterocycles. The van der Waals surface area contributed by atoms with Gasteiger partial charge in [-0.05, 0) is 29.8 Å². The summed E-state index contributed by atoms with van der Waals surface area (Å²) in [5.74, 6) is 0.638. The van der Waals surface area contributed by atoms with Crippen LogP contribution in [0.5, 0.6) is 11.6 Å². The van der Waals surface area contributed by atoms with Gasteiger partial charge in [0, 0.05) is 41.0 Å². The summed E-state index contributed by atoms with van der Waals surface area (Å²) < 4.78 is 23.0. The molecule has 4 unspecified atom stereocenters.